The van der Waals surface area contributed by atoms with Gasteiger partial charge in [0.1, 0.15) is 30.2 Å². The molecule has 0 unspecified atom stereocenters. The molecule has 0 saturated carbocycles. The summed E-state index contributed by atoms with van der Waals surface area (Å²) < 4.78 is 21.9. The van der Waals surface area contributed by atoms with Crippen LogP contribution in [-0.4, -0.2) is 123 Å². The highest BCUT2D eigenvalue weighted by Gasteiger charge is 2.32. The van der Waals surface area contributed by atoms with Gasteiger partial charge in [-0.3, -0.25) is 28.8 Å². The van der Waals surface area contributed by atoms with Crippen molar-refractivity contribution >= 4 is 70.3 Å². The Bertz CT molecular complexity index is 3310. The van der Waals surface area contributed by atoms with E-state index in [-0.39, 0.29) is 81.4 Å². The summed E-state index contributed by atoms with van der Waals surface area (Å²) in [6.45, 7) is 2.30. The Hall–Kier alpha value is -8.60. The molecule has 6 aromatic carbocycles. The third-order valence-electron chi connectivity index (χ3n) is 15.3. The van der Waals surface area contributed by atoms with Gasteiger partial charge in [0.2, 0.25) is 23.6 Å². The van der Waals surface area contributed by atoms with Gasteiger partial charge in [-0.1, -0.05) is 151 Å². The highest BCUT2D eigenvalue weighted by Crippen LogP contribution is 2.30. The van der Waals surface area contributed by atoms with Crippen LogP contribution in [0.1, 0.15) is 94.3 Å². The third-order valence-corrected chi connectivity index (χ3v) is 15.8. The molecular weight excluding hydrogens is 1160 g/mol. The lowest BCUT2D eigenvalue weighted by Gasteiger charge is -2.25. The van der Waals surface area contributed by atoms with E-state index < -0.39 is 47.7 Å². The molecule has 18 heteroatoms. The molecule has 2 aliphatic rings. The Morgan fingerprint density at radius 2 is 0.943 bits per heavy atom. The van der Waals surface area contributed by atoms with E-state index in [9.17, 15) is 38.4 Å². The predicted octanol–water partition coefficient (Wildman–Crippen LogP) is 10.7. The molecule has 0 fully saturated rings. The average Bonchev–Trinajstić information content (AvgIpc) is 3.75. The lowest BCUT2D eigenvalue weighted by Crippen LogP contribution is -2.46. The summed E-state index contributed by atoms with van der Waals surface area (Å²) in [6.07, 6.45) is 6.81. The molecule has 4 amide bonds. The molecule has 8 rings (SSSR count). The number of ether oxygens (including phenoxy) is 4. The molecule has 0 aliphatic carbocycles. The maximum absolute atomic E-state index is 13.7. The Kier molecular flexibility index (Phi) is 26.8. The molecule has 0 saturated heterocycles. The number of hydrogen-bond donors (Lipinski definition) is 2. The summed E-state index contributed by atoms with van der Waals surface area (Å²) >= 11 is 12.5. The number of ketones is 2. The number of Topliss-reactive ketones (excluding diaryl/α,β-unsaturated/α-hetero) is 2. The van der Waals surface area contributed by atoms with Gasteiger partial charge < -0.3 is 39.4 Å². The van der Waals surface area contributed by atoms with E-state index in [1.807, 2.05) is 127 Å². The summed E-state index contributed by atoms with van der Waals surface area (Å²) in [5, 5.41) is 6.40. The number of esters is 2. The highest BCUT2D eigenvalue weighted by atomic mass is 35.5. The lowest BCUT2D eigenvalue weighted by atomic mass is 9.90. The molecular formula is C70H76Cl2N4O12. The zero-order valence-electron chi connectivity index (χ0n) is 49.8. The van der Waals surface area contributed by atoms with Crippen molar-refractivity contribution in [2.45, 2.75) is 89.1 Å². The standard InChI is InChI=1S/C35H39ClN2O6.C35H37ClN2O6/c2*1-43-35(42)30-16-17-33(40)38(20-18-25-10-4-2-5-11-25)19-8-9-21-44-32-24-28(36)14-15-29(32)31(39)23-27(34(41)37-30)22-26-12-6-3-7-13-26/h2-7,10-15,24,27,30H,8-9,16-23H2,1H3,(H,37,41);2-15,24,27,30H,16-23H2,1H3,(H,37,41)/b;9-8+/t2*27-,30-/m00/s1. The smallest absolute Gasteiger partial charge is 0.328 e. The zero-order valence-corrected chi connectivity index (χ0v) is 51.3. The molecule has 462 valence electrons. The number of methoxy groups -OCH3 is 2. The number of halogens is 2. The Morgan fingerprint density at radius 1 is 0.523 bits per heavy atom. The fraction of sp³-hybridized carbons (Fsp3) is 0.343. The minimum absolute atomic E-state index is 0.0192. The minimum Gasteiger partial charge on any atom is -0.493 e. The fourth-order valence-electron chi connectivity index (χ4n) is 10.4. The van der Waals surface area contributed by atoms with Crippen molar-refractivity contribution in [3.05, 3.63) is 213 Å². The van der Waals surface area contributed by atoms with Crippen molar-refractivity contribution in [2.24, 2.45) is 11.8 Å². The summed E-state index contributed by atoms with van der Waals surface area (Å²) in [4.78, 5) is 110. The quantitative estimate of drug-likeness (QED) is 0.0868. The van der Waals surface area contributed by atoms with Crippen molar-refractivity contribution in [2.75, 3.05) is 53.6 Å². The number of nitrogens with one attached hydrogen (secondary N) is 2. The van der Waals surface area contributed by atoms with E-state index in [1.54, 1.807) is 52.3 Å². The normalized spacial score (nSPS) is 19.0. The summed E-state index contributed by atoms with van der Waals surface area (Å²) in [6, 6.07) is 46.1. The fourth-order valence-corrected chi connectivity index (χ4v) is 10.7. The number of hydrogen-bond acceptors (Lipinski definition) is 12. The minimum atomic E-state index is -1.05. The van der Waals surface area contributed by atoms with E-state index in [4.69, 9.17) is 42.1 Å². The largest absolute Gasteiger partial charge is 0.493 e. The second-order valence-electron chi connectivity index (χ2n) is 21.6. The lowest BCUT2D eigenvalue weighted by molar-refractivity contribution is -0.146. The molecule has 0 spiro atoms. The van der Waals surface area contributed by atoms with Gasteiger partial charge in [0, 0.05) is 73.7 Å². The van der Waals surface area contributed by atoms with Crippen LogP contribution in [0.4, 0.5) is 0 Å². The first-order valence-electron chi connectivity index (χ1n) is 29.7. The second kappa shape index (κ2) is 35.3. The van der Waals surface area contributed by atoms with Gasteiger partial charge in [-0.25, -0.2) is 9.59 Å². The maximum Gasteiger partial charge on any atom is 0.328 e. The van der Waals surface area contributed by atoms with Crippen LogP contribution in [0.25, 0.3) is 0 Å². The number of benzene rings is 6. The van der Waals surface area contributed by atoms with Crippen LogP contribution in [0.2, 0.25) is 10.0 Å². The molecule has 16 nitrogen and oxygen atoms in total. The number of rotatable bonds is 12. The average molecular weight is 1240 g/mol. The molecule has 0 bridgehead atoms. The monoisotopic (exact) mass is 1230 g/mol. The van der Waals surface area contributed by atoms with Crippen molar-refractivity contribution in [1.29, 1.82) is 0 Å². The van der Waals surface area contributed by atoms with Crippen molar-refractivity contribution in [3.8, 4) is 11.5 Å². The Balaban J connectivity index is 0.000000251. The zero-order chi connectivity index (χ0) is 62.6. The predicted molar refractivity (Wildman–Crippen MR) is 337 cm³/mol. The van der Waals surface area contributed by atoms with Crippen molar-refractivity contribution < 1.29 is 57.3 Å². The SMILES string of the molecule is COC(=O)[C@@H]1CCC(=O)N(CCc2ccccc2)C/C=C/COc2cc(Cl)ccc2C(=O)C[C@H](Cc2ccccc2)C(=O)N1.COC(=O)[C@@H]1CCC(=O)N(CCc2ccccc2)CCCCOc2cc(Cl)ccc2C(=O)C[C@H](Cc2ccccc2)C(=O)N1. The van der Waals surface area contributed by atoms with Gasteiger partial charge in [-0.05, 0) is 116 Å². The van der Waals surface area contributed by atoms with E-state index in [0.717, 1.165) is 22.3 Å². The second-order valence-corrected chi connectivity index (χ2v) is 22.5. The molecule has 2 aliphatic heterocycles. The van der Waals surface area contributed by atoms with E-state index in [2.05, 4.69) is 10.6 Å². The number of carbonyl (C=O) groups excluding carboxylic acids is 8. The van der Waals surface area contributed by atoms with Crippen LogP contribution in [0.5, 0.6) is 11.5 Å². The van der Waals surface area contributed by atoms with E-state index >= 15 is 0 Å². The Morgan fingerprint density at radius 3 is 1.40 bits per heavy atom. The van der Waals surface area contributed by atoms with Crippen LogP contribution < -0.4 is 20.1 Å². The van der Waals surface area contributed by atoms with Crippen molar-refractivity contribution in [3.63, 3.8) is 0 Å². The van der Waals surface area contributed by atoms with Gasteiger partial charge in [-0.15, -0.1) is 0 Å². The van der Waals surface area contributed by atoms with Gasteiger partial charge in [-0.2, -0.15) is 0 Å². The Labute approximate surface area is 524 Å². The van der Waals surface area contributed by atoms with Crippen LogP contribution in [0.15, 0.2) is 170 Å². The van der Waals surface area contributed by atoms with Crippen LogP contribution in [-0.2, 0) is 63.9 Å². The molecule has 0 radical (unpaired) electrons. The number of fused-ring (bicyclic) bond motifs is 2. The number of carbonyl (C=O) groups is 8. The maximum atomic E-state index is 13.7. The number of amides is 4. The molecule has 88 heavy (non-hydrogen) atoms. The van der Waals surface area contributed by atoms with Crippen LogP contribution >= 0.6 is 23.2 Å². The molecule has 4 atom stereocenters. The molecule has 6 aromatic rings. The molecule has 2 heterocycles. The highest BCUT2D eigenvalue weighted by molar-refractivity contribution is 6.31. The topological polar surface area (TPSA) is 204 Å². The first-order valence-corrected chi connectivity index (χ1v) is 30.5. The van der Waals surface area contributed by atoms with Gasteiger partial charge in [0.15, 0.2) is 11.6 Å². The summed E-state index contributed by atoms with van der Waals surface area (Å²) in [7, 11) is 2.49. The van der Waals surface area contributed by atoms with Crippen LogP contribution in [0.3, 0.4) is 0 Å². The third kappa shape index (κ3) is 21.4. The van der Waals surface area contributed by atoms with Gasteiger partial charge in [0.25, 0.3) is 0 Å². The van der Waals surface area contributed by atoms with E-state index in [1.165, 1.54) is 14.2 Å². The first kappa shape index (κ1) is 66.9. The van der Waals surface area contributed by atoms with Crippen molar-refractivity contribution in [1.82, 2.24) is 20.4 Å². The van der Waals surface area contributed by atoms with E-state index in [0.29, 0.717) is 91.1 Å². The summed E-state index contributed by atoms with van der Waals surface area (Å²) in [5.74, 6) is -3.99. The van der Waals surface area contributed by atoms with Crippen LogP contribution in [0, 0.1) is 11.8 Å². The summed E-state index contributed by atoms with van der Waals surface area (Å²) in [5.41, 5.74) is 4.60. The molecule has 2 N–H and O–H groups in total. The van der Waals surface area contributed by atoms with Gasteiger partial charge >= 0.3 is 11.9 Å². The first-order chi connectivity index (χ1) is 42.7. The molecule has 0 aromatic heterocycles. The number of nitrogens with zero attached hydrogens (tertiary/aromatic N) is 2. The van der Waals surface area contributed by atoms with Gasteiger partial charge in [0.05, 0.1) is 32.0 Å².